The van der Waals surface area contributed by atoms with Crippen LogP contribution in [0.1, 0.15) is 32.2 Å². The van der Waals surface area contributed by atoms with Crippen molar-refractivity contribution in [2.45, 2.75) is 45.3 Å². The number of nitrogens with one attached hydrogen (secondary N) is 2. The molecule has 3 heterocycles. The maximum atomic E-state index is 13.1. The highest BCUT2D eigenvalue weighted by Gasteiger charge is 2.26. The zero-order valence-corrected chi connectivity index (χ0v) is 20.8. The Balaban J connectivity index is 1.43. The Morgan fingerprint density at radius 3 is 2.67 bits per heavy atom. The van der Waals surface area contributed by atoms with E-state index in [1.807, 2.05) is 48.1 Å². The van der Waals surface area contributed by atoms with E-state index in [0.717, 1.165) is 16.5 Å². The Morgan fingerprint density at radius 1 is 1.14 bits per heavy atom. The number of ether oxygens (including phenoxy) is 1. The summed E-state index contributed by atoms with van der Waals surface area (Å²) in [5, 5.41) is 10.6. The van der Waals surface area contributed by atoms with Crippen molar-refractivity contribution in [3.8, 4) is 11.5 Å². The Labute approximate surface area is 209 Å². The predicted octanol–water partition coefficient (Wildman–Crippen LogP) is 3.42. The number of benzene rings is 1. The van der Waals surface area contributed by atoms with Crippen molar-refractivity contribution in [3.63, 3.8) is 0 Å². The zero-order chi connectivity index (χ0) is 25.7. The summed E-state index contributed by atoms with van der Waals surface area (Å²) in [5.74, 6) is 0.428. The molecule has 0 aliphatic rings. The van der Waals surface area contributed by atoms with Gasteiger partial charge in [0.25, 0.3) is 0 Å². The van der Waals surface area contributed by atoms with Gasteiger partial charge in [0.1, 0.15) is 17.3 Å². The third kappa shape index (κ3) is 6.26. The molecule has 0 bridgehead atoms. The summed E-state index contributed by atoms with van der Waals surface area (Å²) in [6.45, 7) is 5.58. The van der Waals surface area contributed by atoms with Gasteiger partial charge in [-0.2, -0.15) is 4.98 Å². The fraction of sp³-hybridized carbons (Fsp3) is 0.346. The number of aryl methyl sites for hydroxylation is 1. The third-order valence-electron chi connectivity index (χ3n) is 5.41. The van der Waals surface area contributed by atoms with Gasteiger partial charge >= 0.3 is 6.09 Å². The van der Waals surface area contributed by atoms with E-state index in [1.165, 1.54) is 0 Å². The molecule has 0 aliphatic carbocycles. The zero-order valence-electron chi connectivity index (χ0n) is 20.8. The third-order valence-corrected chi connectivity index (χ3v) is 5.41. The van der Waals surface area contributed by atoms with Crippen molar-refractivity contribution >= 4 is 22.9 Å². The molecule has 10 heteroatoms. The van der Waals surface area contributed by atoms with Gasteiger partial charge in [-0.15, -0.1) is 0 Å². The van der Waals surface area contributed by atoms with Crippen LogP contribution < -0.4 is 10.6 Å². The average molecular weight is 491 g/mol. The molecule has 4 aromatic rings. The minimum Gasteiger partial charge on any atom is -0.444 e. The van der Waals surface area contributed by atoms with Crippen LogP contribution in [0.25, 0.3) is 22.4 Å². The second-order valence-corrected chi connectivity index (χ2v) is 9.45. The Hall–Kier alpha value is -4.21. The highest BCUT2D eigenvalue weighted by atomic mass is 16.6. The fourth-order valence-electron chi connectivity index (χ4n) is 3.84. The van der Waals surface area contributed by atoms with E-state index in [2.05, 4.69) is 25.8 Å². The molecule has 2 amide bonds. The Morgan fingerprint density at radius 2 is 1.92 bits per heavy atom. The maximum absolute atomic E-state index is 13.1. The molecule has 0 fully saturated rings. The first-order valence-electron chi connectivity index (χ1n) is 11.7. The number of hydrogen-bond acceptors (Lipinski definition) is 7. The van der Waals surface area contributed by atoms with Crippen molar-refractivity contribution < 1.29 is 18.8 Å². The van der Waals surface area contributed by atoms with E-state index in [1.54, 1.807) is 39.1 Å². The number of fused-ring (bicyclic) bond motifs is 1. The number of carbonyl (C=O) groups excluding carboxylic acids is 2. The first kappa shape index (κ1) is 24.9. The van der Waals surface area contributed by atoms with Crippen molar-refractivity contribution in [1.29, 1.82) is 0 Å². The summed E-state index contributed by atoms with van der Waals surface area (Å²) in [5.41, 5.74) is 1.91. The lowest BCUT2D eigenvalue weighted by Crippen LogP contribution is -2.49. The number of pyridine rings is 1. The lowest BCUT2D eigenvalue weighted by atomic mass is 10.0. The number of rotatable bonds is 8. The SMILES string of the molecule is Cn1cc(C[C@H](NC(=O)OC(C)(C)C)C(=O)NCCc2nc(-c3ccccn3)no2)c2ccccc21. The van der Waals surface area contributed by atoms with E-state index >= 15 is 0 Å². The van der Waals surface area contributed by atoms with E-state index in [0.29, 0.717) is 30.3 Å². The van der Waals surface area contributed by atoms with E-state index in [-0.39, 0.29) is 12.5 Å². The second kappa shape index (κ2) is 10.6. The first-order chi connectivity index (χ1) is 17.2. The number of amides is 2. The smallest absolute Gasteiger partial charge is 0.408 e. The molecule has 4 rings (SSSR count). The van der Waals surface area contributed by atoms with Gasteiger partial charge < -0.3 is 24.5 Å². The van der Waals surface area contributed by atoms with Crippen LogP contribution in [0.3, 0.4) is 0 Å². The largest absolute Gasteiger partial charge is 0.444 e. The van der Waals surface area contributed by atoms with E-state index in [9.17, 15) is 9.59 Å². The maximum Gasteiger partial charge on any atom is 0.408 e. The summed E-state index contributed by atoms with van der Waals surface area (Å²) in [7, 11) is 1.95. The van der Waals surface area contributed by atoms with Crippen LogP contribution in [0, 0.1) is 0 Å². The van der Waals surface area contributed by atoms with Crippen LogP contribution in [0.4, 0.5) is 4.79 Å². The van der Waals surface area contributed by atoms with Crippen molar-refractivity contribution in [1.82, 2.24) is 30.3 Å². The highest BCUT2D eigenvalue weighted by molar-refractivity contribution is 5.88. The van der Waals surface area contributed by atoms with Crippen LogP contribution in [-0.2, 0) is 29.4 Å². The fourth-order valence-corrected chi connectivity index (χ4v) is 3.84. The highest BCUT2D eigenvalue weighted by Crippen LogP contribution is 2.22. The molecule has 0 saturated heterocycles. The molecule has 0 spiro atoms. The summed E-state index contributed by atoms with van der Waals surface area (Å²) in [6, 6.07) is 12.5. The van der Waals surface area contributed by atoms with Gasteiger partial charge in [-0.25, -0.2) is 4.79 Å². The van der Waals surface area contributed by atoms with E-state index < -0.39 is 17.7 Å². The molecule has 0 aliphatic heterocycles. The molecule has 0 saturated carbocycles. The normalized spacial score (nSPS) is 12.3. The number of hydrogen-bond donors (Lipinski definition) is 2. The van der Waals surface area contributed by atoms with Crippen LogP contribution in [0.5, 0.6) is 0 Å². The standard InChI is InChI=1S/C26H30N6O4/c1-26(2,3)35-25(34)29-20(15-17-16-32(4)21-11-6-5-9-18(17)21)24(33)28-14-12-22-30-23(31-36-22)19-10-7-8-13-27-19/h5-11,13,16,20H,12,14-15H2,1-4H3,(H,28,33)(H,29,34)/t20-/m0/s1. The topological polar surface area (TPSA) is 124 Å². The van der Waals surface area contributed by atoms with Gasteiger partial charge in [0.15, 0.2) is 0 Å². The van der Waals surface area contributed by atoms with Crippen molar-refractivity contribution in [2.24, 2.45) is 7.05 Å². The second-order valence-electron chi connectivity index (χ2n) is 9.45. The minimum absolute atomic E-state index is 0.255. The molecule has 188 valence electrons. The molecule has 0 unspecified atom stereocenters. The van der Waals surface area contributed by atoms with Crippen molar-refractivity contribution in [2.75, 3.05) is 6.54 Å². The van der Waals surface area contributed by atoms with Crippen LogP contribution in [0.15, 0.2) is 59.4 Å². The molecule has 10 nitrogen and oxygen atoms in total. The molecule has 2 N–H and O–H groups in total. The quantitative estimate of drug-likeness (QED) is 0.388. The summed E-state index contributed by atoms with van der Waals surface area (Å²) in [4.78, 5) is 34.2. The molecule has 3 aromatic heterocycles. The van der Waals surface area contributed by atoms with Crippen LogP contribution in [-0.4, -0.2) is 49.9 Å². The predicted molar refractivity (Wildman–Crippen MR) is 134 cm³/mol. The Bertz CT molecular complexity index is 1340. The number of carbonyl (C=O) groups is 2. The van der Waals surface area contributed by atoms with Crippen LogP contribution >= 0.6 is 0 Å². The average Bonchev–Trinajstić information content (AvgIpc) is 3.43. The molecular formula is C26H30N6O4. The van der Waals surface area contributed by atoms with E-state index in [4.69, 9.17) is 9.26 Å². The molecular weight excluding hydrogens is 460 g/mol. The number of alkyl carbamates (subject to hydrolysis) is 1. The summed E-state index contributed by atoms with van der Waals surface area (Å²) < 4.78 is 12.7. The number of aromatic nitrogens is 4. The van der Waals surface area contributed by atoms with Gasteiger partial charge in [-0.1, -0.05) is 29.4 Å². The first-order valence-corrected chi connectivity index (χ1v) is 11.7. The minimum atomic E-state index is -0.836. The van der Waals surface area contributed by atoms with Gasteiger partial charge in [-0.3, -0.25) is 9.78 Å². The van der Waals surface area contributed by atoms with Gasteiger partial charge in [0, 0.05) is 49.7 Å². The lowest BCUT2D eigenvalue weighted by molar-refractivity contribution is -0.123. The summed E-state index contributed by atoms with van der Waals surface area (Å²) >= 11 is 0. The number of nitrogens with zero attached hydrogens (tertiary/aromatic N) is 4. The number of para-hydroxylation sites is 1. The molecule has 0 radical (unpaired) electrons. The van der Waals surface area contributed by atoms with Crippen molar-refractivity contribution in [3.05, 3.63) is 66.3 Å². The molecule has 1 aromatic carbocycles. The lowest BCUT2D eigenvalue weighted by Gasteiger charge is -2.23. The summed E-state index contributed by atoms with van der Waals surface area (Å²) in [6.07, 6.45) is 3.61. The van der Waals surface area contributed by atoms with Crippen LogP contribution in [0.2, 0.25) is 0 Å². The van der Waals surface area contributed by atoms with Gasteiger partial charge in [-0.05, 0) is 44.5 Å². The monoisotopic (exact) mass is 490 g/mol. The van der Waals surface area contributed by atoms with Gasteiger partial charge in [0.2, 0.25) is 17.6 Å². The van der Waals surface area contributed by atoms with Gasteiger partial charge in [0.05, 0.1) is 0 Å². The Kier molecular flexibility index (Phi) is 7.33. The molecule has 36 heavy (non-hydrogen) atoms. The molecule has 1 atom stereocenters.